The fraction of sp³-hybridized carbons (Fsp3) is 1.00. The van der Waals surface area contributed by atoms with Crippen molar-refractivity contribution in [3.8, 4) is 0 Å². The summed E-state index contributed by atoms with van der Waals surface area (Å²) in [5.41, 5.74) is 0. The minimum absolute atomic E-state index is 0.0995. The Bertz CT molecular complexity index is 47.8. The van der Waals surface area contributed by atoms with E-state index in [-0.39, 0.29) is 11.5 Å². The molecule has 0 aromatic carbocycles. The Morgan fingerprint density at radius 3 is 2.62 bits per heavy atom. The van der Waals surface area contributed by atoms with Gasteiger partial charge in [-0.05, 0) is 6.42 Å². The monoisotopic (exact) mass is 182 g/mol. The van der Waals surface area contributed by atoms with Crippen LogP contribution in [-0.2, 0) is 0 Å². The van der Waals surface area contributed by atoms with Gasteiger partial charge in [-0.1, -0.05) is 35.7 Å². The highest BCUT2D eigenvalue weighted by Crippen LogP contribution is 2.09. The van der Waals surface area contributed by atoms with Gasteiger partial charge >= 0.3 is 0 Å². The first-order valence-electron chi connectivity index (χ1n) is 3.01. The molecule has 0 aromatic heterocycles. The fourth-order valence-corrected chi connectivity index (χ4v) is 0.827. The van der Waals surface area contributed by atoms with Crippen LogP contribution in [0.4, 0.5) is 4.39 Å². The summed E-state index contributed by atoms with van der Waals surface area (Å²) < 4.78 is 11.7. The van der Waals surface area contributed by atoms with Crippen molar-refractivity contribution in [2.24, 2.45) is 0 Å². The van der Waals surface area contributed by atoms with E-state index in [9.17, 15) is 4.39 Å². The van der Waals surface area contributed by atoms with E-state index in [0.717, 1.165) is 19.3 Å². The van der Waals surface area contributed by atoms with E-state index < -0.39 is 0 Å². The van der Waals surface area contributed by atoms with Gasteiger partial charge in [0.2, 0.25) is 0 Å². The molecular formula is C6H12BrF. The molecular weight excluding hydrogens is 171 g/mol. The van der Waals surface area contributed by atoms with E-state index >= 15 is 0 Å². The lowest BCUT2D eigenvalue weighted by Crippen LogP contribution is -1.98. The minimum atomic E-state index is -0.236. The Labute approximate surface area is 58.6 Å². The maximum atomic E-state index is 11.7. The van der Waals surface area contributed by atoms with Crippen LogP contribution in [0, 0.1) is 0 Å². The largest absolute Gasteiger partial charge is 0.250 e. The predicted octanol–water partition coefficient (Wildman–Crippen LogP) is 2.91. The molecule has 2 heteroatoms. The van der Waals surface area contributed by atoms with Crippen molar-refractivity contribution in [1.29, 1.82) is 0 Å². The van der Waals surface area contributed by atoms with Crippen LogP contribution in [0.2, 0.25) is 0 Å². The van der Waals surface area contributed by atoms with Crippen molar-refractivity contribution >= 4 is 15.9 Å². The summed E-state index contributed by atoms with van der Waals surface area (Å²) in [6.45, 7) is 1.87. The van der Waals surface area contributed by atoms with Crippen LogP contribution >= 0.6 is 15.9 Å². The Hall–Kier alpha value is 0.410. The van der Waals surface area contributed by atoms with Crippen LogP contribution in [0.3, 0.4) is 0 Å². The summed E-state index contributed by atoms with van der Waals surface area (Å²) in [6.07, 6.45) is 3.24. The molecule has 0 heterocycles. The lowest BCUT2D eigenvalue weighted by atomic mass is 10.2. The lowest BCUT2D eigenvalue weighted by molar-refractivity contribution is 0.469. The van der Waals surface area contributed by atoms with E-state index in [0.29, 0.717) is 0 Å². The van der Waals surface area contributed by atoms with Gasteiger partial charge < -0.3 is 0 Å². The van der Waals surface area contributed by atoms with E-state index in [1.54, 1.807) is 0 Å². The maximum Gasteiger partial charge on any atom is 0.102 e. The van der Waals surface area contributed by atoms with E-state index in [1.165, 1.54) is 0 Å². The summed E-state index contributed by atoms with van der Waals surface area (Å²) in [7, 11) is 0. The average Bonchev–Trinajstić information content (AvgIpc) is 1.83. The summed E-state index contributed by atoms with van der Waals surface area (Å²) in [5, 5.41) is 0. The zero-order valence-electron chi connectivity index (χ0n) is 5.16. The maximum absolute atomic E-state index is 11.7. The first-order valence-corrected chi connectivity index (χ1v) is 3.92. The molecule has 0 spiro atoms. The van der Waals surface area contributed by atoms with Crippen LogP contribution in [0.15, 0.2) is 0 Å². The van der Waals surface area contributed by atoms with Gasteiger partial charge in [0, 0.05) is 4.83 Å². The number of halogens is 2. The second kappa shape index (κ2) is 5.54. The molecule has 0 aromatic rings. The predicted molar refractivity (Wildman–Crippen MR) is 38.2 cm³/mol. The molecule has 50 valence electrons. The summed E-state index contributed by atoms with van der Waals surface area (Å²) in [4.78, 5) is 0.0995. The van der Waals surface area contributed by atoms with Crippen LogP contribution in [0.25, 0.3) is 0 Å². The molecule has 1 atom stereocenters. The molecule has 0 N–H and O–H groups in total. The first-order chi connectivity index (χ1) is 3.81. The van der Waals surface area contributed by atoms with E-state index in [2.05, 4.69) is 22.9 Å². The minimum Gasteiger partial charge on any atom is -0.250 e. The zero-order chi connectivity index (χ0) is 6.41. The molecule has 8 heavy (non-hydrogen) atoms. The number of unbranched alkanes of at least 4 members (excludes halogenated alkanes) is 1. The molecule has 0 aliphatic heterocycles. The van der Waals surface area contributed by atoms with Gasteiger partial charge in [-0.15, -0.1) is 0 Å². The number of hydrogen-bond acceptors (Lipinski definition) is 0. The van der Waals surface area contributed by atoms with Crippen LogP contribution in [0.1, 0.15) is 26.2 Å². The fourth-order valence-electron chi connectivity index (χ4n) is 0.503. The molecule has 0 nitrogen and oxygen atoms in total. The molecule has 0 radical (unpaired) electrons. The Morgan fingerprint density at radius 2 is 2.25 bits per heavy atom. The van der Waals surface area contributed by atoms with Gasteiger partial charge in [0.25, 0.3) is 0 Å². The van der Waals surface area contributed by atoms with Gasteiger partial charge in [-0.2, -0.15) is 0 Å². The molecule has 0 amide bonds. The zero-order valence-corrected chi connectivity index (χ0v) is 6.75. The first kappa shape index (κ1) is 8.41. The Morgan fingerprint density at radius 1 is 1.62 bits per heavy atom. The number of alkyl halides is 2. The van der Waals surface area contributed by atoms with Crippen molar-refractivity contribution in [3.63, 3.8) is 0 Å². The van der Waals surface area contributed by atoms with Gasteiger partial charge in [-0.25, -0.2) is 4.39 Å². The molecule has 0 aliphatic carbocycles. The van der Waals surface area contributed by atoms with Crippen molar-refractivity contribution < 1.29 is 4.39 Å². The van der Waals surface area contributed by atoms with Gasteiger partial charge in [-0.3, -0.25) is 0 Å². The standard InChI is InChI=1S/C6H12BrF/c1-2-3-4-6(7)5-8/h6H,2-5H2,1H3. The molecule has 1 unspecified atom stereocenters. The summed E-state index contributed by atoms with van der Waals surface area (Å²) in [5.74, 6) is 0. The van der Waals surface area contributed by atoms with Crippen molar-refractivity contribution in [2.75, 3.05) is 6.67 Å². The van der Waals surface area contributed by atoms with E-state index in [4.69, 9.17) is 0 Å². The Balaban J connectivity index is 2.86. The number of rotatable bonds is 4. The molecule has 0 fully saturated rings. The van der Waals surface area contributed by atoms with Crippen molar-refractivity contribution in [3.05, 3.63) is 0 Å². The number of hydrogen-bond donors (Lipinski definition) is 0. The molecule has 0 rings (SSSR count). The van der Waals surface area contributed by atoms with Crippen LogP contribution in [-0.4, -0.2) is 11.5 Å². The third-order valence-corrected chi connectivity index (χ3v) is 1.74. The molecule has 0 bridgehead atoms. The van der Waals surface area contributed by atoms with Crippen LogP contribution < -0.4 is 0 Å². The highest BCUT2D eigenvalue weighted by Gasteiger charge is 1.99. The lowest BCUT2D eigenvalue weighted by Gasteiger charge is -2.00. The second-order valence-electron chi connectivity index (χ2n) is 1.89. The van der Waals surface area contributed by atoms with Crippen molar-refractivity contribution in [2.45, 2.75) is 31.0 Å². The smallest absolute Gasteiger partial charge is 0.102 e. The molecule has 0 saturated carbocycles. The third kappa shape index (κ3) is 4.57. The average molecular weight is 183 g/mol. The van der Waals surface area contributed by atoms with Gasteiger partial charge in [0.15, 0.2) is 0 Å². The normalized spacial score (nSPS) is 13.9. The molecule has 0 saturated heterocycles. The topological polar surface area (TPSA) is 0 Å². The second-order valence-corrected chi connectivity index (χ2v) is 3.19. The van der Waals surface area contributed by atoms with Gasteiger partial charge in [0.05, 0.1) is 0 Å². The molecule has 0 aliphatic rings. The van der Waals surface area contributed by atoms with Crippen LogP contribution in [0.5, 0.6) is 0 Å². The van der Waals surface area contributed by atoms with E-state index in [1.807, 2.05) is 0 Å². The Kier molecular flexibility index (Phi) is 5.83. The summed E-state index contributed by atoms with van der Waals surface area (Å²) >= 11 is 3.20. The van der Waals surface area contributed by atoms with Gasteiger partial charge in [0.1, 0.15) is 6.67 Å². The SMILES string of the molecule is CCCCC(Br)CF. The van der Waals surface area contributed by atoms with Crippen molar-refractivity contribution in [1.82, 2.24) is 0 Å². The highest BCUT2D eigenvalue weighted by atomic mass is 79.9. The summed E-state index contributed by atoms with van der Waals surface area (Å²) in [6, 6.07) is 0. The highest BCUT2D eigenvalue weighted by molar-refractivity contribution is 9.09. The quantitative estimate of drug-likeness (QED) is 0.588. The third-order valence-electron chi connectivity index (χ3n) is 1.04.